The van der Waals surface area contributed by atoms with Gasteiger partial charge in [0.25, 0.3) is 0 Å². The molecule has 3 heterocycles. The first-order chi connectivity index (χ1) is 8.68. The number of imidazole rings is 1. The van der Waals surface area contributed by atoms with Crippen LogP contribution in [0.15, 0.2) is 30.9 Å². The average Bonchev–Trinajstić information content (AvgIpc) is 2.78. The number of aromatic nitrogens is 4. The van der Waals surface area contributed by atoms with Crippen molar-refractivity contribution < 1.29 is 0 Å². The van der Waals surface area contributed by atoms with Crippen LogP contribution >= 0.6 is 23.2 Å². The summed E-state index contributed by atoms with van der Waals surface area (Å²) >= 11 is 12.3. The van der Waals surface area contributed by atoms with Gasteiger partial charge < -0.3 is 0 Å². The smallest absolute Gasteiger partial charge is 0.154 e. The van der Waals surface area contributed by atoms with E-state index < -0.39 is 0 Å². The summed E-state index contributed by atoms with van der Waals surface area (Å²) in [4.78, 5) is 12.5. The predicted molar refractivity (Wildman–Crippen MR) is 71.0 cm³/mol. The van der Waals surface area contributed by atoms with Gasteiger partial charge in [-0.05, 0) is 13.0 Å². The van der Waals surface area contributed by atoms with Gasteiger partial charge in [-0.15, -0.1) is 0 Å². The van der Waals surface area contributed by atoms with Gasteiger partial charge in [0.2, 0.25) is 0 Å². The van der Waals surface area contributed by atoms with Crippen molar-refractivity contribution in [2.45, 2.75) is 6.92 Å². The molecule has 3 aromatic heterocycles. The summed E-state index contributed by atoms with van der Waals surface area (Å²) in [6.07, 6.45) is 6.81. The number of hydrogen-bond acceptors (Lipinski definition) is 3. The van der Waals surface area contributed by atoms with Gasteiger partial charge >= 0.3 is 0 Å². The number of halogens is 2. The van der Waals surface area contributed by atoms with Crippen LogP contribution in [0, 0.1) is 6.92 Å². The fourth-order valence-corrected chi connectivity index (χ4v) is 2.21. The fourth-order valence-electron chi connectivity index (χ4n) is 1.82. The van der Waals surface area contributed by atoms with E-state index in [4.69, 9.17) is 23.2 Å². The van der Waals surface area contributed by atoms with Gasteiger partial charge in [0, 0.05) is 24.2 Å². The van der Waals surface area contributed by atoms with Gasteiger partial charge in [0.1, 0.15) is 11.3 Å². The lowest BCUT2D eigenvalue weighted by Crippen LogP contribution is -1.93. The normalized spacial score (nSPS) is 11.1. The van der Waals surface area contributed by atoms with Crippen molar-refractivity contribution in [3.63, 3.8) is 0 Å². The van der Waals surface area contributed by atoms with Crippen LogP contribution in [0.5, 0.6) is 0 Å². The zero-order valence-corrected chi connectivity index (χ0v) is 10.9. The molecular formula is C12H8Cl2N4. The van der Waals surface area contributed by atoms with Crippen LogP contribution in [0.4, 0.5) is 0 Å². The Morgan fingerprint density at radius 1 is 1.11 bits per heavy atom. The van der Waals surface area contributed by atoms with E-state index in [9.17, 15) is 0 Å². The molecule has 0 radical (unpaired) electrons. The first-order valence-corrected chi connectivity index (χ1v) is 6.03. The molecule has 0 aromatic carbocycles. The zero-order chi connectivity index (χ0) is 12.7. The molecule has 0 aliphatic rings. The second-order valence-corrected chi connectivity index (χ2v) is 4.55. The quantitative estimate of drug-likeness (QED) is 0.685. The Hall–Kier alpha value is -1.65. The molecule has 6 heteroatoms. The lowest BCUT2D eigenvalue weighted by atomic mass is 10.2. The summed E-state index contributed by atoms with van der Waals surface area (Å²) in [6, 6.07) is 1.83. The standard InChI is InChI=1S/C12H8Cl2N4/c1-7-10(13)8(2-3-15-7)12-17-6-9-11(14)16-4-5-18(9)12/h2-6H,1H3. The third kappa shape index (κ3) is 1.65. The van der Waals surface area contributed by atoms with E-state index >= 15 is 0 Å². The SMILES string of the molecule is Cc1nccc(-c2ncc3c(Cl)nccn23)c1Cl. The molecule has 0 atom stereocenters. The highest BCUT2D eigenvalue weighted by atomic mass is 35.5. The van der Waals surface area contributed by atoms with Gasteiger partial charge in [-0.1, -0.05) is 23.2 Å². The summed E-state index contributed by atoms with van der Waals surface area (Å²) in [6.45, 7) is 1.86. The van der Waals surface area contributed by atoms with Crippen molar-refractivity contribution in [3.05, 3.63) is 46.7 Å². The van der Waals surface area contributed by atoms with Gasteiger partial charge in [-0.3, -0.25) is 9.38 Å². The van der Waals surface area contributed by atoms with Crippen LogP contribution in [-0.4, -0.2) is 19.4 Å². The molecule has 0 saturated carbocycles. The van der Waals surface area contributed by atoms with Crippen LogP contribution in [0.1, 0.15) is 5.69 Å². The van der Waals surface area contributed by atoms with Crippen molar-refractivity contribution in [1.82, 2.24) is 19.4 Å². The van der Waals surface area contributed by atoms with E-state index in [-0.39, 0.29) is 0 Å². The molecule has 0 unspecified atom stereocenters. The minimum Gasteiger partial charge on any atom is -0.295 e. The first kappa shape index (κ1) is 11.4. The number of fused-ring (bicyclic) bond motifs is 1. The van der Waals surface area contributed by atoms with Crippen LogP contribution < -0.4 is 0 Å². The molecule has 0 N–H and O–H groups in total. The van der Waals surface area contributed by atoms with Crippen molar-refractivity contribution >= 4 is 28.7 Å². The number of hydrogen-bond donors (Lipinski definition) is 0. The largest absolute Gasteiger partial charge is 0.295 e. The van der Waals surface area contributed by atoms with Gasteiger partial charge in [-0.25, -0.2) is 9.97 Å². The fraction of sp³-hybridized carbons (Fsp3) is 0.0833. The topological polar surface area (TPSA) is 43.1 Å². The van der Waals surface area contributed by atoms with Crippen molar-refractivity contribution in [3.8, 4) is 11.4 Å². The second kappa shape index (κ2) is 4.23. The molecule has 0 aliphatic carbocycles. The highest BCUT2D eigenvalue weighted by molar-refractivity contribution is 6.34. The zero-order valence-electron chi connectivity index (χ0n) is 9.43. The van der Waals surface area contributed by atoms with E-state index in [0.29, 0.717) is 10.2 Å². The Labute approximate surface area is 113 Å². The summed E-state index contributed by atoms with van der Waals surface area (Å²) in [5.74, 6) is 0.727. The molecule has 0 bridgehead atoms. The summed E-state index contributed by atoms with van der Waals surface area (Å²) in [5, 5.41) is 1.01. The minimum atomic E-state index is 0.415. The van der Waals surface area contributed by atoms with E-state index in [1.54, 1.807) is 24.8 Å². The Balaban J connectivity index is 2.33. The molecule has 90 valence electrons. The summed E-state index contributed by atoms with van der Waals surface area (Å²) < 4.78 is 1.86. The number of rotatable bonds is 1. The van der Waals surface area contributed by atoms with Crippen LogP contribution in [0.25, 0.3) is 16.9 Å². The third-order valence-corrected chi connectivity index (χ3v) is 3.48. The molecule has 0 spiro atoms. The Kier molecular flexibility index (Phi) is 2.69. The number of nitrogens with zero attached hydrogens (tertiary/aromatic N) is 4. The summed E-state index contributed by atoms with van der Waals surface area (Å²) in [5.41, 5.74) is 2.34. The number of pyridine rings is 1. The molecule has 3 rings (SSSR count). The molecule has 3 aromatic rings. The molecule has 0 saturated heterocycles. The maximum absolute atomic E-state index is 6.26. The average molecular weight is 279 g/mol. The lowest BCUT2D eigenvalue weighted by molar-refractivity contribution is 1.11. The maximum Gasteiger partial charge on any atom is 0.154 e. The first-order valence-electron chi connectivity index (χ1n) is 5.27. The van der Waals surface area contributed by atoms with E-state index in [1.807, 2.05) is 17.4 Å². The second-order valence-electron chi connectivity index (χ2n) is 3.81. The minimum absolute atomic E-state index is 0.415. The lowest BCUT2D eigenvalue weighted by Gasteiger charge is -2.05. The molecule has 0 amide bonds. The van der Waals surface area contributed by atoms with Crippen LogP contribution in [0.2, 0.25) is 10.2 Å². The molecule has 4 nitrogen and oxygen atoms in total. The molecule has 18 heavy (non-hydrogen) atoms. The van der Waals surface area contributed by atoms with Gasteiger partial charge in [0.05, 0.1) is 16.9 Å². The molecular weight excluding hydrogens is 271 g/mol. The summed E-state index contributed by atoms with van der Waals surface area (Å²) in [7, 11) is 0. The predicted octanol–water partition coefficient (Wildman–Crippen LogP) is 3.41. The van der Waals surface area contributed by atoms with Crippen LogP contribution in [0.3, 0.4) is 0 Å². The Morgan fingerprint density at radius 3 is 2.78 bits per heavy atom. The monoisotopic (exact) mass is 278 g/mol. The van der Waals surface area contributed by atoms with Crippen molar-refractivity contribution in [2.24, 2.45) is 0 Å². The Bertz CT molecular complexity index is 736. The molecule has 0 fully saturated rings. The number of aryl methyl sites for hydroxylation is 1. The van der Waals surface area contributed by atoms with E-state index in [0.717, 1.165) is 22.6 Å². The van der Waals surface area contributed by atoms with E-state index in [2.05, 4.69) is 15.0 Å². The maximum atomic E-state index is 6.26. The Morgan fingerprint density at radius 2 is 1.94 bits per heavy atom. The van der Waals surface area contributed by atoms with Crippen molar-refractivity contribution in [2.75, 3.05) is 0 Å². The third-order valence-electron chi connectivity index (χ3n) is 2.72. The van der Waals surface area contributed by atoms with E-state index in [1.165, 1.54) is 0 Å². The van der Waals surface area contributed by atoms with Crippen molar-refractivity contribution in [1.29, 1.82) is 0 Å². The van der Waals surface area contributed by atoms with Gasteiger partial charge in [0.15, 0.2) is 5.15 Å². The molecule has 0 aliphatic heterocycles. The van der Waals surface area contributed by atoms with Crippen LogP contribution in [-0.2, 0) is 0 Å². The van der Waals surface area contributed by atoms with Gasteiger partial charge in [-0.2, -0.15) is 0 Å². The highest BCUT2D eigenvalue weighted by Crippen LogP contribution is 2.29. The highest BCUT2D eigenvalue weighted by Gasteiger charge is 2.13.